The van der Waals surface area contributed by atoms with Crippen LogP contribution < -0.4 is 5.32 Å². The highest BCUT2D eigenvalue weighted by Gasteiger charge is 2.36. The van der Waals surface area contributed by atoms with E-state index in [1.54, 1.807) is 28.6 Å². The van der Waals surface area contributed by atoms with Crippen molar-refractivity contribution in [2.24, 2.45) is 0 Å². The maximum absolute atomic E-state index is 13.0. The van der Waals surface area contributed by atoms with Gasteiger partial charge in [0.2, 0.25) is 15.9 Å². The molecule has 2 saturated heterocycles. The second-order valence-corrected chi connectivity index (χ2v) is 8.52. The van der Waals surface area contributed by atoms with Crippen LogP contribution in [-0.2, 0) is 14.8 Å². The predicted octanol–water partition coefficient (Wildman–Crippen LogP) is 1.89. The molecule has 1 aromatic rings. The number of carbonyl (C=O) groups is 1. The van der Waals surface area contributed by atoms with Crippen molar-refractivity contribution in [1.82, 2.24) is 9.21 Å². The molecule has 0 bridgehead atoms. The maximum Gasteiger partial charge on any atom is 0.243 e. The second kappa shape index (κ2) is 7.21. The van der Waals surface area contributed by atoms with Crippen LogP contribution in [-0.4, -0.2) is 55.8 Å². The largest absolute Gasteiger partial charge is 0.326 e. The molecule has 2 fully saturated rings. The van der Waals surface area contributed by atoms with Gasteiger partial charge in [0.15, 0.2) is 0 Å². The first kappa shape index (κ1) is 17.4. The van der Waals surface area contributed by atoms with E-state index in [9.17, 15) is 13.2 Å². The molecule has 1 atom stereocenters. The zero-order valence-corrected chi connectivity index (χ0v) is 14.9. The Hall–Kier alpha value is -1.44. The van der Waals surface area contributed by atoms with E-state index in [0.29, 0.717) is 17.1 Å². The SMILES string of the molecule is CC(=O)Nc1ccc(S(=O)(=O)N2CCC[C@@H]2CN2CCCC2)cc1. The van der Waals surface area contributed by atoms with Crippen LogP contribution in [0.4, 0.5) is 5.69 Å². The molecule has 0 aromatic heterocycles. The lowest BCUT2D eigenvalue weighted by molar-refractivity contribution is -0.114. The smallest absolute Gasteiger partial charge is 0.243 e. The highest BCUT2D eigenvalue weighted by molar-refractivity contribution is 7.89. The zero-order chi connectivity index (χ0) is 17.2. The molecule has 0 saturated carbocycles. The van der Waals surface area contributed by atoms with Gasteiger partial charge in [-0.15, -0.1) is 0 Å². The molecule has 24 heavy (non-hydrogen) atoms. The lowest BCUT2D eigenvalue weighted by Gasteiger charge is -2.28. The number of sulfonamides is 1. The molecule has 3 rings (SSSR count). The van der Waals surface area contributed by atoms with Gasteiger partial charge in [-0.25, -0.2) is 8.42 Å². The summed E-state index contributed by atoms with van der Waals surface area (Å²) in [4.78, 5) is 13.7. The molecule has 132 valence electrons. The predicted molar refractivity (Wildman–Crippen MR) is 93.3 cm³/mol. The zero-order valence-electron chi connectivity index (χ0n) is 14.1. The third-order valence-electron chi connectivity index (χ3n) is 4.77. The first-order valence-corrected chi connectivity index (χ1v) is 10.0. The number of nitrogens with one attached hydrogen (secondary N) is 1. The van der Waals surface area contributed by atoms with Crippen molar-refractivity contribution in [3.63, 3.8) is 0 Å². The molecule has 0 unspecified atom stereocenters. The summed E-state index contributed by atoms with van der Waals surface area (Å²) < 4.78 is 27.6. The third-order valence-corrected chi connectivity index (χ3v) is 6.74. The number of anilines is 1. The number of benzene rings is 1. The lowest BCUT2D eigenvalue weighted by Crippen LogP contribution is -2.42. The number of rotatable bonds is 5. The van der Waals surface area contributed by atoms with E-state index in [2.05, 4.69) is 10.2 Å². The van der Waals surface area contributed by atoms with Crippen molar-refractivity contribution in [2.45, 2.75) is 43.5 Å². The van der Waals surface area contributed by atoms with Gasteiger partial charge in [0, 0.05) is 31.7 Å². The van der Waals surface area contributed by atoms with Gasteiger partial charge in [-0.1, -0.05) is 0 Å². The topological polar surface area (TPSA) is 69.7 Å². The van der Waals surface area contributed by atoms with Gasteiger partial charge < -0.3 is 10.2 Å². The van der Waals surface area contributed by atoms with Gasteiger partial charge in [-0.3, -0.25) is 4.79 Å². The van der Waals surface area contributed by atoms with Crippen molar-refractivity contribution in [1.29, 1.82) is 0 Å². The van der Waals surface area contributed by atoms with E-state index in [4.69, 9.17) is 0 Å². The van der Waals surface area contributed by atoms with Crippen molar-refractivity contribution in [3.05, 3.63) is 24.3 Å². The molecule has 0 aliphatic carbocycles. The summed E-state index contributed by atoms with van der Waals surface area (Å²) >= 11 is 0. The van der Waals surface area contributed by atoms with E-state index in [1.165, 1.54) is 19.8 Å². The molecule has 0 radical (unpaired) electrons. The molecule has 1 amide bonds. The number of amides is 1. The average Bonchev–Trinajstić information content (AvgIpc) is 3.19. The molecule has 1 aromatic carbocycles. The Morgan fingerprint density at radius 2 is 1.79 bits per heavy atom. The molecule has 2 aliphatic heterocycles. The number of hydrogen-bond acceptors (Lipinski definition) is 4. The summed E-state index contributed by atoms with van der Waals surface area (Å²) in [5.41, 5.74) is 0.608. The Morgan fingerprint density at radius 3 is 2.42 bits per heavy atom. The van der Waals surface area contributed by atoms with Gasteiger partial charge in [0.25, 0.3) is 0 Å². The van der Waals surface area contributed by atoms with E-state index in [-0.39, 0.29) is 11.9 Å². The van der Waals surface area contributed by atoms with Gasteiger partial charge in [0.1, 0.15) is 0 Å². The van der Waals surface area contributed by atoms with Crippen LogP contribution in [0.5, 0.6) is 0 Å². The minimum absolute atomic E-state index is 0.0723. The lowest BCUT2D eigenvalue weighted by atomic mass is 10.2. The van der Waals surface area contributed by atoms with Crippen LogP contribution in [0, 0.1) is 0 Å². The first-order valence-electron chi connectivity index (χ1n) is 8.59. The molecule has 7 heteroatoms. The Bertz CT molecular complexity index is 682. The fraction of sp³-hybridized carbons (Fsp3) is 0.588. The summed E-state index contributed by atoms with van der Waals surface area (Å²) in [5, 5.41) is 2.66. The average molecular weight is 351 g/mol. The number of likely N-dealkylation sites (tertiary alicyclic amines) is 1. The van der Waals surface area contributed by atoms with Crippen LogP contribution in [0.3, 0.4) is 0 Å². The van der Waals surface area contributed by atoms with E-state index >= 15 is 0 Å². The highest BCUT2D eigenvalue weighted by Crippen LogP contribution is 2.28. The van der Waals surface area contributed by atoms with E-state index in [1.807, 2.05) is 0 Å². The normalized spacial score (nSPS) is 22.8. The van der Waals surface area contributed by atoms with Gasteiger partial charge in [0.05, 0.1) is 4.90 Å². The molecule has 2 aliphatic rings. The summed E-state index contributed by atoms with van der Waals surface area (Å²) in [5.74, 6) is -0.171. The van der Waals surface area contributed by atoms with Crippen LogP contribution in [0.25, 0.3) is 0 Å². The van der Waals surface area contributed by atoms with Crippen LogP contribution >= 0.6 is 0 Å². The molecule has 6 nitrogen and oxygen atoms in total. The Morgan fingerprint density at radius 1 is 1.12 bits per heavy atom. The standard InChI is InChI=1S/C17H25N3O3S/c1-14(21)18-15-6-8-17(9-7-15)24(22,23)20-12-4-5-16(20)13-19-10-2-3-11-19/h6-9,16H,2-5,10-13H2,1H3,(H,18,21)/t16-/m1/s1. The molecule has 2 heterocycles. The van der Waals surface area contributed by atoms with Crippen molar-refractivity contribution < 1.29 is 13.2 Å². The maximum atomic E-state index is 13.0. The number of hydrogen-bond donors (Lipinski definition) is 1. The quantitative estimate of drug-likeness (QED) is 0.880. The van der Waals surface area contributed by atoms with Crippen molar-refractivity contribution in [3.8, 4) is 0 Å². The summed E-state index contributed by atoms with van der Waals surface area (Å²) in [6.45, 7) is 5.01. The third kappa shape index (κ3) is 3.79. The molecular weight excluding hydrogens is 326 g/mol. The molecule has 1 N–H and O–H groups in total. The number of nitrogens with zero attached hydrogens (tertiary/aromatic N) is 2. The van der Waals surface area contributed by atoms with Gasteiger partial charge in [-0.05, 0) is 63.0 Å². The molecule has 0 spiro atoms. The summed E-state index contributed by atoms with van der Waals surface area (Å²) in [6.07, 6.45) is 4.27. The van der Waals surface area contributed by atoms with Crippen LogP contribution in [0.1, 0.15) is 32.6 Å². The highest BCUT2D eigenvalue weighted by atomic mass is 32.2. The Kier molecular flexibility index (Phi) is 5.22. The van der Waals surface area contributed by atoms with Gasteiger partial charge >= 0.3 is 0 Å². The Labute approximate surface area is 143 Å². The second-order valence-electron chi connectivity index (χ2n) is 6.63. The fourth-order valence-corrected chi connectivity index (χ4v) is 5.31. The van der Waals surface area contributed by atoms with Crippen LogP contribution in [0.15, 0.2) is 29.2 Å². The first-order chi connectivity index (χ1) is 11.5. The summed E-state index contributed by atoms with van der Waals surface area (Å²) in [7, 11) is -3.48. The van der Waals surface area contributed by atoms with Crippen LogP contribution in [0.2, 0.25) is 0 Å². The van der Waals surface area contributed by atoms with Crippen molar-refractivity contribution >= 4 is 21.6 Å². The molecular formula is C17H25N3O3S. The number of carbonyl (C=O) groups excluding carboxylic acids is 1. The van der Waals surface area contributed by atoms with Gasteiger partial charge in [-0.2, -0.15) is 4.31 Å². The van der Waals surface area contributed by atoms with E-state index < -0.39 is 10.0 Å². The summed E-state index contributed by atoms with van der Waals surface area (Å²) in [6, 6.07) is 6.50. The minimum Gasteiger partial charge on any atom is -0.326 e. The van der Waals surface area contributed by atoms with Crippen molar-refractivity contribution in [2.75, 3.05) is 31.5 Å². The van der Waals surface area contributed by atoms with E-state index in [0.717, 1.165) is 32.5 Å². The fourth-order valence-electron chi connectivity index (χ4n) is 3.62. The minimum atomic E-state index is -3.48. The monoisotopic (exact) mass is 351 g/mol. The Balaban J connectivity index is 1.74.